The van der Waals surface area contributed by atoms with Crippen LogP contribution in [0.3, 0.4) is 0 Å². The van der Waals surface area contributed by atoms with E-state index in [0.717, 1.165) is 23.7 Å². The Labute approximate surface area is 108 Å². The van der Waals surface area contributed by atoms with Crippen LogP contribution in [-0.4, -0.2) is 24.4 Å². The third-order valence-electron chi connectivity index (χ3n) is 2.68. The Morgan fingerprint density at radius 3 is 2.20 bits per heavy atom. The first kappa shape index (κ1) is 13.2. The van der Waals surface area contributed by atoms with Crippen LogP contribution in [0.25, 0.3) is 0 Å². The van der Waals surface area contributed by atoms with E-state index in [4.69, 9.17) is 4.74 Å². The summed E-state index contributed by atoms with van der Waals surface area (Å²) in [7, 11) is 1.75. The van der Waals surface area contributed by atoms with Gasteiger partial charge in [-0.1, -0.05) is 62.2 Å². The zero-order chi connectivity index (χ0) is 11.1. The van der Waals surface area contributed by atoms with Gasteiger partial charge in [0.05, 0.1) is 0 Å². The maximum atomic E-state index is 5.18. The van der Waals surface area contributed by atoms with Crippen molar-refractivity contribution in [2.45, 2.75) is 11.8 Å². The SMILES string of the molecule is COCCC(CBr)(CBr)c1ccccc1. The maximum Gasteiger partial charge on any atom is 0.0471 e. The third-order valence-corrected chi connectivity index (χ3v) is 4.83. The number of alkyl halides is 2. The van der Waals surface area contributed by atoms with Gasteiger partial charge in [0.1, 0.15) is 0 Å². The van der Waals surface area contributed by atoms with Crippen molar-refractivity contribution in [3.05, 3.63) is 35.9 Å². The molecular weight excluding hydrogens is 320 g/mol. The largest absolute Gasteiger partial charge is 0.385 e. The molecule has 15 heavy (non-hydrogen) atoms. The highest BCUT2D eigenvalue weighted by Crippen LogP contribution is 2.32. The van der Waals surface area contributed by atoms with Crippen LogP contribution in [0.15, 0.2) is 30.3 Å². The lowest BCUT2D eigenvalue weighted by atomic mass is 9.82. The Morgan fingerprint density at radius 2 is 1.73 bits per heavy atom. The summed E-state index contributed by atoms with van der Waals surface area (Å²) in [6, 6.07) is 10.6. The van der Waals surface area contributed by atoms with E-state index < -0.39 is 0 Å². The molecule has 1 nitrogen and oxygen atoms in total. The topological polar surface area (TPSA) is 9.23 Å². The predicted molar refractivity (Wildman–Crippen MR) is 72.2 cm³/mol. The van der Waals surface area contributed by atoms with Crippen LogP contribution in [0.5, 0.6) is 0 Å². The molecule has 0 heterocycles. The predicted octanol–water partition coefficient (Wildman–Crippen LogP) is 3.75. The summed E-state index contributed by atoms with van der Waals surface area (Å²) in [5.41, 5.74) is 1.49. The van der Waals surface area contributed by atoms with Gasteiger partial charge in [-0.15, -0.1) is 0 Å². The van der Waals surface area contributed by atoms with E-state index >= 15 is 0 Å². The summed E-state index contributed by atoms with van der Waals surface area (Å²) in [4.78, 5) is 0. The van der Waals surface area contributed by atoms with E-state index in [1.807, 2.05) is 6.07 Å². The quantitative estimate of drug-likeness (QED) is 0.719. The van der Waals surface area contributed by atoms with Crippen molar-refractivity contribution < 1.29 is 4.74 Å². The number of hydrogen-bond donors (Lipinski definition) is 0. The molecule has 1 rings (SSSR count). The average Bonchev–Trinajstić information content (AvgIpc) is 2.33. The van der Waals surface area contributed by atoms with E-state index in [1.165, 1.54) is 5.56 Å². The van der Waals surface area contributed by atoms with Crippen LogP contribution in [0.2, 0.25) is 0 Å². The second kappa shape index (κ2) is 6.66. The van der Waals surface area contributed by atoms with Gasteiger partial charge >= 0.3 is 0 Å². The minimum atomic E-state index is 0.136. The third kappa shape index (κ3) is 3.30. The zero-order valence-corrected chi connectivity index (χ0v) is 12.1. The van der Waals surface area contributed by atoms with Crippen molar-refractivity contribution in [1.82, 2.24) is 0 Å². The lowest BCUT2D eigenvalue weighted by molar-refractivity contribution is 0.177. The molecule has 0 N–H and O–H groups in total. The Kier molecular flexibility index (Phi) is 5.87. The Morgan fingerprint density at radius 1 is 1.13 bits per heavy atom. The first-order valence-electron chi connectivity index (χ1n) is 4.95. The number of rotatable bonds is 6. The smallest absolute Gasteiger partial charge is 0.0471 e. The molecule has 0 saturated carbocycles. The fourth-order valence-corrected chi connectivity index (χ4v) is 3.69. The van der Waals surface area contributed by atoms with Gasteiger partial charge in [-0.05, 0) is 12.0 Å². The first-order chi connectivity index (χ1) is 7.29. The van der Waals surface area contributed by atoms with Gasteiger partial charge in [-0.2, -0.15) is 0 Å². The van der Waals surface area contributed by atoms with Crippen molar-refractivity contribution in [3.8, 4) is 0 Å². The summed E-state index contributed by atoms with van der Waals surface area (Å²) in [6.45, 7) is 0.784. The highest BCUT2D eigenvalue weighted by Gasteiger charge is 2.29. The molecule has 0 amide bonds. The molecule has 1 aromatic rings. The number of hydrogen-bond acceptors (Lipinski definition) is 1. The van der Waals surface area contributed by atoms with Crippen molar-refractivity contribution in [3.63, 3.8) is 0 Å². The highest BCUT2D eigenvalue weighted by atomic mass is 79.9. The minimum absolute atomic E-state index is 0.136. The molecule has 0 aliphatic rings. The molecule has 0 aliphatic carbocycles. The maximum absolute atomic E-state index is 5.18. The Bertz CT molecular complexity index is 270. The van der Waals surface area contributed by atoms with Gasteiger partial charge in [0.25, 0.3) is 0 Å². The van der Waals surface area contributed by atoms with Crippen molar-refractivity contribution in [1.29, 1.82) is 0 Å². The molecule has 0 aromatic heterocycles. The summed E-state index contributed by atoms with van der Waals surface area (Å²) in [6.07, 6.45) is 1.02. The van der Waals surface area contributed by atoms with Crippen LogP contribution in [0.1, 0.15) is 12.0 Å². The van der Waals surface area contributed by atoms with Gasteiger partial charge in [0, 0.05) is 29.8 Å². The molecule has 0 fully saturated rings. The number of ether oxygens (including phenoxy) is 1. The number of halogens is 2. The van der Waals surface area contributed by atoms with Gasteiger partial charge in [0.15, 0.2) is 0 Å². The highest BCUT2D eigenvalue weighted by molar-refractivity contribution is 9.09. The first-order valence-corrected chi connectivity index (χ1v) is 7.20. The fraction of sp³-hybridized carbons (Fsp3) is 0.500. The summed E-state index contributed by atoms with van der Waals surface area (Å²) >= 11 is 7.23. The van der Waals surface area contributed by atoms with Gasteiger partial charge in [-0.3, -0.25) is 0 Å². The molecule has 0 unspecified atom stereocenters. The Balaban J connectivity index is 2.89. The van der Waals surface area contributed by atoms with Crippen LogP contribution in [-0.2, 0) is 10.2 Å². The fourth-order valence-electron chi connectivity index (χ4n) is 1.56. The van der Waals surface area contributed by atoms with E-state index in [1.54, 1.807) is 7.11 Å². The lowest BCUT2D eigenvalue weighted by Gasteiger charge is -2.30. The minimum Gasteiger partial charge on any atom is -0.385 e. The van der Waals surface area contributed by atoms with Crippen LogP contribution < -0.4 is 0 Å². The monoisotopic (exact) mass is 334 g/mol. The molecule has 0 spiro atoms. The molecule has 1 aromatic carbocycles. The zero-order valence-electron chi connectivity index (χ0n) is 8.88. The van der Waals surface area contributed by atoms with E-state index in [0.29, 0.717) is 0 Å². The molecule has 0 aliphatic heterocycles. The molecule has 0 saturated heterocycles. The van der Waals surface area contributed by atoms with Crippen LogP contribution >= 0.6 is 31.9 Å². The van der Waals surface area contributed by atoms with Crippen molar-refractivity contribution >= 4 is 31.9 Å². The van der Waals surface area contributed by atoms with Crippen LogP contribution in [0.4, 0.5) is 0 Å². The molecule has 0 bridgehead atoms. The van der Waals surface area contributed by atoms with Crippen molar-refractivity contribution in [2.24, 2.45) is 0 Å². The summed E-state index contributed by atoms with van der Waals surface area (Å²) in [5, 5.41) is 1.89. The van der Waals surface area contributed by atoms with Crippen molar-refractivity contribution in [2.75, 3.05) is 24.4 Å². The molecule has 84 valence electrons. The van der Waals surface area contributed by atoms with E-state index in [2.05, 4.69) is 56.1 Å². The standard InChI is InChI=1S/C12H16Br2O/c1-15-8-7-12(9-13,10-14)11-5-3-2-4-6-11/h2-6H,7-10H2,1H3. The number of methoxy groups -OCH3 is 1. The second-order valence-electron chi connectivity index (χ2n) is 3.66. The molecule has 3 heteroatoms. The molecule has 0 radical (unpaired) electrons. The van der Waals surface area contributed by atoms with E-state index in [-0.39, 0.29) is 5.41 Å². The summed E-state index contributed by atoms with van der Waals surface area (Å²) < 4.78 is 5.18. The second-order valence-corrected chi connectivity index (χ2v) is 4.78. The van der Waals surface area contributed by atoms with E-state index in [9.17, 15) is 0 Å². The molecular formula is C12H16Br2O. The van der Waals surface area contributed by atoms with Gasteiger partial charge in [-0.25, -0.2) is 0 Å². The lowest BCUT2D eigenvalue weighted by Crippen LogP contribution is -2.31. The average molecular weight is 336 g/mol. The van der Waals surface area contributed by atoms with Gasteiger partial charge in [0.2, 0.25) is 0 Å². The number of benzene rings is 1. The molecule has 0 atom stereocenters. The van der Waals surface area contributed by atoms with Crippen LogP contribution in [0, 0.1) is 0 Å². The Hall–Kier alpha value is 0.140. The van der Waals surface area contributed by atoms with Gasteiger partial charge < -0.3 is 4.74 Å². The summed E-state index contributed by atoms with van der Waals surface area (Å²) in [5.74, 6) is 0. The normalized spacial score (nSPS) is 11.7.